The number of pyridine rings is 1. The van der Waals surface area contributed by atoms with Crippen LogP contribution < -0.4 is 10.1 Å². The largest absolute Gasteiger partial charge is 0.485 e. The number of aliphatic hydroxyl groups excluding tert-OH is 2. The van der Waals surface area contributed by atoms with Crippen molar-refractivity contribution in [2.24, 2.45) is 0 Å². The molecule has 4 aromatic rings. The van der Waals surface area contributed by atoms with Crippen molar-refractivity contribution in [1.29, 1.82) is 0 Å². The van der Waals surface area contributed by atoms with Crippen LogP contribution in [0.5, 0.6) is 5.75 Å². The summed E-state index contributed by atoms with van der Waals surface area (Å²) in [5.41, 5.74) is 1.14. The van der Waals surface area contributed by atoms with E-state index in [2.05, 4.69) is 15.3 Å². The highest BCUT2D eigenvalue weighted by molar-refractivity contribution is 7.09. The van der Waals surface area contributed by atoms with Gasteiger partial charge in [-0.25, -0.2) is 18.7 Å². The Kier molecular flexibility index (Phi) is 6.63. The van der Waals surface area contributed by atoms with E-state index in [4.69, 9.17) is 4.74 Å². The predicted octanol–water partition coefficient (Wildman–Crippen LogP) is 2.91. The highest BCUT2D eigenvalue weighted by atomic mass is 32.1. The van der Waals surface area contributed by atoms with Crippen molar-refractivity contribution in [3.63, 3.8) is 0 Å². The number of hydrogen-bond donors (Lipinski definition) is 3. The van der Waals surface area contributed by atoms with E-state index in [1.807, 2.05) is 0 Å². The lowest BCUT2D eigenvalue weighted by molar-refractivity contribution is 0.0909. The number of nitrogens with one attached hydrogen (secondary N) is 1. The number of nitrogens with zero attached hydrogens (tertiary/aromatic N) is 3. The minimum Gasteiger partial charge on any atom is -0.485 e. The molecule has 1 aromatic carbocycles. The Balaban J connectivity index is 1.60. The van der Waals surface area contributed by atoms with Gasteiger partial charge in [-0.15, -0.1) is 11.3 Å². The number of hydrogen-bond acceptors (Lipinski definition) is 7. The molecule has 172 valence electrons. The monoisotopic (exact) mass is 474 g/mol. The Hall–Kier alpha value is -3.41. The Morgan fingerprint density at radius 1 is 1.21 bits per heavy atom. The molecule has 3 N–H and O–H groups in total. The summed E-state index contributed by atoms with van der Waals surface area (Å²) < 4.78 is 35.0. The van der Waals surface area contributed by atoms with Gasteiger partial charge in [-0.1, -0.05) is 6.07 Å². The van der Waals surface area contributed by atoms with Gasteiger partial charge in [-0.05, 0) is 31.2 Å². The van der Waals surface area contributed by atoms with E-state index in [1.165, 1.54) is 21.8 Å². The second-order valence-corrected chi connectivity index (χ2v) is 8.03. The summed E-state index contributed by atoms with van der Waals surface area (Å²) in [6.07, 6.45) is 1.61. The molecule has 3 aromatic heterocycles. The molecule has 0 spiro atoms. The molecule has 0 aliphatic rings. The first kappa shape index (κ1) is 22.8. The van der Waals surface area contributed by atoms with Crippen LogP contribution in [0, 0.1) is 18.6 Å². The molecular weight excluding hydrogens is 454 g/mol. The van der Waals surface area contributed by atoms with Crippen molar-refractivity contribution in [3.8, 4) is 5.75 Å². The van der Waals surface area contributed by atoms with Gasteiger partial charge in [0.15, 0.2) is 11.4 Å². The molecule has 4 rings (SSSR count). The normalized spacial score (nSPS) is 12.2. The second kappa shape index (κ2) is 9.61. The van der Waals surface area contributed by atoms with Crippen molar-refractivity contribution >= 4 is 22.9 Å². The van der Waals surface area contributed by atoms with Crippen molar-refractivity contribution < 1.29 is 28.5 Å². The molecule has 0 fully saturated rings. The fourth-order valence-electron chi connectivity index (χ4n) is 3.33. The van der Waals surface area contributed by atoms with E-state index in [-0.39, 0.29) is 36.8 Å². The SMILES string of the molecule is Cc1nc2c(OCc3c(F)cccc3F)cccn2c1C(=O)NC(CO)c1nc(CO)cs1. The number of imidazole rings is 1. The first-order valence-electron chi connectivity index (χ1n) is 9.93. The lowest BCUT2D eigenvalue weighted by Gasteiger charge is -2.14. The molecule has 3 heterocycles. The maximum absolute atomic E-state index is 13.9. The predicted molar refractivity (Wildman–Crippen MR) is 116 cm³/mol. The average molecular weight is 474 g/mol. The number of aliphatic hydroxyl groups is 2. The summed E-state index contributed by atoms with van der Waals surface area (Å²) in [4.78, 5) is 21.6. The molecule has 11 heteroatoms. The van der Waals surface area contributed by atoms with Crippen LogP contribution in [0.1, 0.15) is 38.5 Å². The molecule has 1 unspecified atom stereocenters. The van der Waals surface area contributed by atoms with Gasteiger partial charge in [0, 0.05) is 11.6 Å². The van der Waals surface area contributed by atoms with Gasteiger partial charge < -0.3 is 20.3 Å². The number of aryl methyl sites for hydroxylation is 1. The molecule has 1 amide bonds. The van der Waals surface area contributed by atoms with Crippen LogP contribution in [0.15, 0.2) is 41.9 Å². The Bertz CT molecular complexity index is 1290. The third kappa shape index (κ3) is 4.56. The molecule has 0 bridgehead atoms. The summed E-state index contributed by atoms with van der Waals surface area (Å²) in [6, 6.07) is 6.01. The first-order chi connectivity index (χ1) is 15.9. The van der Waals surface area contributed by atoms with E-state index in [1.54, 1.807) is 30.6 Å². The maximum Gasteiger partial charge on any atom is 0.270 e. The third-order valence-corrected chi connectivity index (χ3v) is 5.96. The van der Waals surface area contributed by atoms with Crippen LogP contribution in [0.4, 0.5) is 8.78 Å². The van der Waals surface area contributed by atoms with Crippen molar-refractivity contribution in [2.45, 2.75) is 26.2 Å². The Morgan fingerprint density at radius 2 is 1.97 bits per heavy atom. The third-order valence-electron chi connectivity index (χ3n) is 4.95. The average Bonchev–Trinajstić information content (AvgIpc) is 3.41. The van der Waals surface area contributed by atoms with Crippen LogP contribution >= 0.6 is 11.3 Å². The van der Waals surface area contributed by atoms with E-state index in [0.29, 0.717) is 22.0 Å². The van der Waals surface area contributed by atoms with Gasteiger partial charge >= 0.3 is 0 Å². The molecule has 33 heavy (non-hydrogen) atoms. The van der Waals surface area contributed by atoms with Gasteiger partial charge in [0.1, 0.15) is 35.0 Å². The van der Waals surface area contributed by atoms with E-state index < -0.39 is 23.6 Å². The smallest absolute Gasteiger partial charge is 0.270 e. The second-order valence-electron chi connectivity index (χ2n) is 7.14. The molecule has 0 saturated heterocycles. The molecular formula is C22H20F2N4O4S. The molecule has 1 atom stereocenters. The Morgan fingerprint density at radius 3 is 2.64 bits per heavy atom. The van der Waals surface area contributed by atoms with Gasteiger partial charge in [0.25, 0.3) is 5.91 Å². The number of thiazole rings is 1. The lowest BCUT2D eigenvalue weighted by atomic mass is 10.2. The number of amides is 1. The summed E-state index contributed by atoms with van der Waals surface area (Å²) >= 11 is 1.21. The summed E-state index contributed by atoms with van der Waals surface area (Å²) in [5, 5.41) is 23.8. The zero-order chi connectivity index (χ0) is 23.5. The van der Waals surface area contributed by atoms with Crippen LogP contribution in [0.3, 0.4) is 0 Å². The van der Waals surface area contributed by atoms with Crippen molar-refractivity contribution in [2.75, 3.05) is 6.61 Å². The minimum atomic E-state index is -0.767. The van der Waals surface area contributed by atoms with Crippen molar-refractivity contribution in [3.05, 3.63) is 81.2 Å². The zero-order valence-electron chi connectivity index (χ0n) is 17.5. The highest BCUT2D eigenvalue weighted by Gasteiger charge is 2.24. The van der Waals surface area contributed by atoms with Gasteiger partial charge in [0.05, 0.1) is 30.2 Å². The molecule has 0 aliphatic carbocycles. The van der Waals surface area contributed by atoms with Gasteiger partial charge in [-0.2, -0.15) is 0 Å². The number of rotatable bonds is 8. The topological polar surface area (TPSA) is 109 Å². The van der Waals surface area contributed by atoms with E-state index >= 15 is 0 Å². The van der Waals surface area contributed by atoms with Crippen LogP contribution in [-0.4, -0.2) is 37.1 Å². The number of aromatic nitrogens is 3. The van der Waals surface area contributed by atoms with Crippen molar-refractivity contribution in [1.82, 2.24) is 19.7 Å². The minimum absolute atomic E-state index is 0.211. The van der Waals surface area contributed by atoms with E-state index in [0.717, 1.165) is 12.1 Å². The molecule has 8 nitrogen and oxygen atoms in total. The molecule has 0 radical (unpaired) electrons. The fraction of sp³-hybridized carbons (Fsp3) is 0.227. The number of fused-ring (bicyclic) bond motifs is 1. The first-order valence-corrected chi connectivity index (χ1v) is 10.8. The summed E-state index contributed by atoms with van der Waals surface area (Å²) in [6.45, 7) is 0.663. The quantitative estimate of drug-likeness (QED) is 0.362. The van der Waals surface area contributed by atoms with Crippen LogP contribution in [0.25, 0.3) is 5.65 Å². The number of ether oxygens (including phenoxy) is 1. The summed E-state index contributed by atoms with van der Waals surface area (Å²) in [7, 11) is 0. The van der Waals surface area contributed by atoms with Gasteiger partial charge in [-0.3, -0.25) is 9.20 Å². The zero-order valence-corrected chi connectivity index (χ0v) is 18.3. The molecule has 0 aliphatic heterocycles. The lowest BCUT2D eigenvalue weighted by Crippen LogP contribution is -2.32. The standard InChI is InChI=1S/C22H20F2N4O4S/c1-12-19(21(31)27-17(9-30)22-26-13(8-29)11-33-22)28-7-3-6-18(20(28)25-12)32-10-14-15(23)4-2-5-16(14)24/h2-7,11,17,29-30H,8-10H2,1H3,(H,27,31). The van der Waals surface area contributed by atoms with Crippen LogP contribution in [0.2, 0.25) is 0 Å². The Labute approximate surface area is 191 Å². The van der Waals surface area contributed by atoms with Crippen LogP contribution in [-0.2, 0) is 13.2 Å². The summed E-state index contributed by atoms with van der Waals surface area (Å²) in [5.74, 6) is -1.70. The highest BCUT2D eigenvalue weighted by Crippen LogP contribution is 2.25. The number of carbonyl (C=O) groups excluding carboxylic acids is 1. The number of halogens is 2. The van der Waals surface area contributed by atoms with Gasteiger partial charge in [0.2, 0.25) is 0 Å². The number of carbonyl (C=O) groups is 1. The fourth-order valence-corrected chi connectivity index (χ4v) is 4.18. The maximum atomic E-state index is 13.9. The number of benzene rings is 1. The molecule has 0 saturated carbocycles. The van der Waals surface area contributed by atoms with E-state index in [9.17, 15) is 23.8 Å².